The van der Waals surface area contributed by atoms with Crippen molar-refractivity contribution in [3.63, 3.8) is 0 Å². The molecule has 1 aliphatic rings. The smallest absolute Gasteiger partial charge is 0.0441 e. The summed E-state index contributed by atoms with van der Waals surface area (Å²) in [6, 6.07) is 21.2. The third-order valence-corrected chi connectivity index (χ3v) is 3.89. The van der Waals surface area contributed by atoms with Crippen LogP contribution < -0.4 is 0 Å². The maximum Gasteiger partial charge on any atom is 0.0441 e. The minimum absolute atomic E-state index is 1.21. The number of hydrogen-bond donors (Lipinski definition) is 0. The number of nitrogens with zero attached hydrogens (tertiary/aromatic N) is 1. The van der Waals surface area contributed by atoms with Crippen LogP contribution in [0.25, 0.3) is 5.57 Å². The van der Waals surface area contributed by atoms with Crippen LogP contribution >= 0.6 is 0 Å². The fourth-order valence-corrected chi connectivity index (χ4v) is 2.83. The number of benzene rings is 2. The van der Waals surface area contributed by atoms with Crippen molar-refractivity contribution >= 4 is 5.57 Å². The second-order valence-corrected chi connectivity index (χ2v) is 5.71. The van der Waals surface area contributed by atoms with Crippen molar-refractivity contribution in [2.24, 2.45) is 0 Å². The fraction of sp³-hybridized carbons (Fsp3) is 0.0909. The van der Waals surface area contributed by atoms with Crippen LogP contribution in [0.5, 0.6) is 0 Å². The van der Waals surface area contributed by atoms with Gasteiger partial charge in [0.2, 0.25) is 0 Å². The van der Waals surface area contributed by atoms with Crippen LogP contribution in [0.15, 0.2) is 102 Å². The van der Waals surface area contributed by atoms with E-state index >= 15 is 0 Å². The molecule has 0 heterocycles. The van der Waals surface area contributed by atoms with Crippen molar-refractivity contribution in [2.45, 2.75) is 0 Å². The van der Waals surface area contributed by atoms with E-state index in [-0.39, 0.29) is 0 Å². The average molecular weight is 299 g/mol. The fourth-order valence-electron chi connectivity index (χ4n) is 2.83. The Labute approximate surface area is 138 Å². The molecule has 1 heteroatoms. The lowest BCUT2D eigenvalue weighted by molar-refractivity contribution is 0.525. The van der Waals surface area contributed by atoms with E-state index in [0.717, 1.165) is 0 Å². The van der Waals surface area contributed by atoms with Crippen LogP contribution in [0.3, 0.4) is 0 Å². The number of allylic oxidation sites excluding steroid dienone is 5. The zero-order valence-electron chi connectivity index (χ0n) is 13.6. The molecule has 0 spiro atoms. The lowest BCUT2D eigenvalue weighted by Gasteiger charge is -2.22. The molecule has 23 heavy (non-hydrogen) atoms. The van der Waals surface area contributed by atoms with Gasteiger partial charge < -0.3 is 4.90 Å². The lowest BCUT2D eigenvalue weighted by atomic mass is 9.91. The highest BCUT2D eigenvalue weighted by Gasteiger charge is 2.15. The van der Waals surface area contributed by atoms with Crippen LogP contribution in [0.2, 0.25) is 0 Å². The molecule has 0 saturated carbocycles. The van der Waals surface area contributed by atoms with Crippen molar-refractivity contribution in [3.05, 3.63) is 113 Å². The molecule has 0 fully saturated rings. The Balaban J connectivity index is 2.30. The molecule has 0 saturated heterocycles. The molecule has 1 aliphatic carbocycles. The van der Waals surface area contributed by atoms with Gasteiger partial charge in [-0.1, -0.05) is 85.0 Å². The first kappa shape index (κ1) is 15.1. The summed E-state index contributed by atoms with van der Waals surface area (Å²) < 4.78 is 0. The molecule has 0 radical (unpaired) electrons. The second-order valence-electron chi connectivity index (χ2n) is 5.71. The Bertz CT molecular complexity index is 734. The number of hydrogen-bond acceptors (Lipinski definition) is 1. The Morgan fingerprint density at radius 3 is 1.78 bits per heavy atom. The lowest BCUT2D eigenvalue weighted by Crippen LogP contribution is -2.13. The third-order valence-electron chi connectivity index (χ3n) is 3.89. The van der Waals surface area contributed by atoms with E-state index in [1.165, 1.54) is 28.0 Å². The van der Waals surface area contributed by atoms with Gasteiger partial charge in [0.05, 0.1) is 0 Å². The molecule has 0 unspecified atom stereocenters. The van der Waals surface area contributed by atoms with Crippen molar-refractivity contribution in [1.82, 2.24) is 4.90 Å². The minimum Gasteiger partial charge on any atom is -0.377 e. The highest BCUT2D eigenvalue weighted by molar-refractivity contribution is 5.86. The van der Waals surface area contributed by atoms with E-state index in [9.17, 15) is 0 Å². The first-order chi connectivity index (χ1) is 11.3. The van der Waals surface area contributed by atoms with E-state index in [0.29, 0.717) is 0 Å². The molecule has 114 valence electrons. The summed E-state index contributed by atoms with van der Waals surface area (Å²) in [7, 11) is 4.18. The first-order valence-corrected chi connectivity index (χ1v) is 7.85. The van der Waals surface area contributed by atoms with Gasteiger partial charge in [-0.2, -0.15) is 0 Å². The molecule has 3 rings (SSSR count). The second kappa shape index (κ2) is 6.97. The maximum atomic E-state index is 2.20. The van der Waals surface area contributed by atoms with Gasteiger partial charge in [-0.05, 0) is 22.8 Å². The summed E-state index contributed by atoms with van der Waals surface area (Å²) in [6.45, 7) is 0. The summed E-state index contributed by atoms with van der Waals surface area (Å²) >= 11 is 0. The molecule has 0 aliphatic heterocycles. The molecule has 2 aromatic carbocycles. The topological polar surface area (TPSA) is 3.24 Å². The summed E-state index contributed by atoms with van der Waals surface area (Å²) in [5, 5.41) is 0. The van der Waals surface area contributed by atoms with Crippen molar-refractivity contribution in [2.75, 3.05) is 14.1 Å². The number of likely N-dealkylation sites (N-methyl/N-ethyl adjacent to an activating group) is 1. The molecular weight excluding hydrogens is 278 g/mol. The molecular formula is C22H21N. The zero-order valence-corrected chi connectivity index (χ0v) is 13.6. The predicted octanol–water partition coefficient (Wildman–Crippen LogP) is 5.06. The van der Waals surface area contributed by atoms with Crippen LogP contribution in [0.4, 0.5) is 0 Å². The van der Waals surface area contributed by atoms with E-state index in [1.54, 1.807) is 0 Å². The van der Waals surface area contributed by atoms with E-state index in [1.807, 2.05) is 0 Å². The summed E-state index contributed by atoms with van der Waals surface area (Å²) in [5.74, 6) is 0. The quantitative estimate of drug-likeness (QED) is 0.765. The maximum absolute atomic E-state index is 2.20. The molecule has 2 aromatic rings. The van der Waals surface area contributed by atoms with Gasteiger partial charge in [0.25, 0.3) is 0 Å². The average Bonchev–Trinajstić information content (AvgIpc) is 2.83. The van der Waals surface area contributed by atoms with Crippen molar-refractivity contribution in [1.29, 1.82) is 0 Å². The minimum atomic E-state index is 1.21. The normalized spacial score (nSPS) is 13.5. The largest absolute Gasteiger partial charge is 0.377 e. The van der Waals surface area contributed by atoms with Crippen LogP contribution in [0.1, 0.15) is 11.1 Å². The molecule has 0 aromatic heterocycles. The Hall–Kier alpha value is -2.80. The van der Waals surface area contributed by atoms with E-state index in [4.69, 9.17) is 0 Å². The SMILES string of the molecule is CN(C)C1=CC=CC=CC1=C(c1ccccc1)c1ccccc1. The summed E-state index contributed by atoms with van der Waals surface area (Å²) in [4.78, 5) is 2.17. The number of rotatable bonds is 3. The van der Waals surface area contributed by atoms with Gasteiger partial charge in [-0.15, -0.1) is 0 Å². The van der Waals surface area contributed by atoms with E-state index in [2.05, 4.69) is 110 Å². The van der Waals surface area contributed by atoms with E-state index < -0.39 is 0 Å². The highest BCUT2D eigenvalue weighted by atomic mass is 15.1. The Morgan fingerprint density at radius 2 is 1.26 bits per heavy atom. The predicted molar refractivity (Wildman–Crippen MR) is 99.0 cm³/mol. The third kappa shape index (κ3) is 3.35. The van der Waals surface area contributed by atoms with Gasteiger partial charge in [-0.3, -0.25) is 0 Å². The molecule has 0 bridgehead atoms. The molecule has 0 atom stereocenters. The Morgan fingerprint density at radius 1 is 0.696 bits per heavy atom. The Kier molecular flexibility index (Phi) is 4.58. The summed E-state index contributed by atoms with van der Waals surface area (Å²) in [6.07, 6.45) is 10.6. The van der Waals surface area contributed by atoms with Gasteiger partial charge in [0.15, 0.2) is 0 Å². The van der Waals surface area contributed by atoms with Gasteiger partial charge in [0.1, 0.15) is 0 Å². The summed E-state index contributed by atoms with van der Waals surface area (Å²) in [5.41, 5.74) is 6.15. The van der Waals surface area contributed by atoms with Crippen molar-refractivity contribution in [3.8, 4) is 0 Å². The highest BCUT2D eigenvalue weighted by Crippen LogP contribution is 2.32. The van der Waals surface area contributed by atoms with Crippen molar-refractivity contribution < 1.29 is 0 Å². The molecule has 0 N–H and O–H groups in total. The van der Waals surface area contributed by atoms with Gasteiger partial charge in [-0.25, -0.2) is 0 Å². The first-order valence-electron chi connectivity index (χ1n) is 7.85. The van der Waals surface area contributed by atoms with Gasteiger partial charge >= 0.3 is 0 Å². The zero-order chi connectivity index (χ0) is 16.1. The van der Waals surface area contributed by atoms with Crippen LogP contribution in [-0.2, 0) is 0 Å². The van der Waals surface area contributed by atoms with Crippen LogP contribution in [0, 0.1) is 0 Å². The standard InChI is InChI=1S/C22H21N/c1-23(2)21-17-11-5-10-16-20(21)22(18-12-6-3-7-13-18)19-14-8-4-9-15-19/h3-17H,1-2H3. The van der Waals surface area contributed by atoms with Gasteiger partial charge in [0, 0.05) is 25.4 Å². The molecule has 1 nitrogen and oxygen atoms in total. The van der Waals surface area contributed by atoms with Crippen LogP contribution in [-0.4, -0.2) is 19.0 Å². The molecule has 0 amide bonds. The monoisotopic (exact) mass is 299 g/mol.